The van der Waals surface area contributed by atoms with Crippen molar-refractivity contribution in [3.05, 3.63) is 0 Å². The Labute approximate surface area is 123 Å². The largest absolute Gasteiger partial charge is 0.480 e. The van der Waals surface area contributed by atoms with Gasteiger partial charge in [0.25, 0.3) is 0 Å². The Morgan fingerprint density at radius 1 is 1.29 bits per heavy atom. The number of ether oxygens (including phenoxy) is 1. The third-order valence-corrected chi connectivity index (χ3v) is 3.83. The molecule has 1 unspecified atom stereocenters. The van der Waals surface area contributed by atoms with Gasteiger partial charge in [0.2, 0.25) is 0 Å². The summed E-state index contributed by atoms with van der Waals surface area (Å²) >= 11 is 0. The molecule has 0 aromatic carbocycles. The molecule has 1 N–H and O–H groups in total. The van der Waals surface area contributed by atoms with Gasteiger partial charge in [-0.25, -0.2) is 9.59 Å². The van der Waals surface area contributed by atoms with Crippen LogP contribution in [0.4, 0.5) is 4.79 Å². The van der Waals surface area contributed by atoms with E-state index in [9.17, 15) is 14.4 Å². The van der Waals surface area contributed by atoms with Crippen LogP contribution in [0, 0.1) is 5.92 Å². The summed E-state index contributed by atoms with van der Waals surface area (Å²) in [5, 5.41) is 8.96. The summed E-state index contributed by atoms with van der Waals surface area (Å²) in [5.41, 5.74) is 0. The maximum atomic E-state index is 12.5. The Hall–Kier alpha value is -1.79. The van der Waals surface area contributed by atoms with Crippen molar-refractivity contribution in [3.8, 4) is 0 Å². The molecule has 7 heteroatoms. The third-order valence-electron chi connectivity index (χ3n) is 3.83. The van der Waals surface area contributed by atoms with E-state index in [1.807, 2.05) is 0 Å². The molecule has 0 aromatic heterocycles. The zero-order valence-electron chi connectivity index (χ0n) is 12.3. The number of rotatable bonds is 6. The monoisotopic (exact) mass is 298 g/mol. The van der Waals surface area contributed by atoms with Gasteiger partial charge in [0, 0.05) is 13.1 Å². The number of nitrogens with zero attached hydrogens (tertiary/aromatic N) is 2. The van der Waals surface area contributed by atoms with Crippen molar-refractivity contribution in [2.24, 2.45) is 5.92 Å². The van der Waals surface area contributed by atoms with Gasteiger partial charge in [-0.3, -0.25) is 4.79 Å². The van der Waals surface area contributed by atoms with Crippen LogP contribution in [0.15, 0.2) is 0 Å². The smallest absolute Gasteiger partial charge is 0.328 e. The van der Waals surface area contributed by atoms with Gasteiger partial charge in [0.1, 0.15) is 12.6 Å². The third kappa shape index (κ3) is 4.09. The van der Waals surface area contributed by atoms with Crippen LogP contribution >= 0.6 is 0 Å². The van der Waals surface area contributed by atoms with Crippen molar-refractivity contribution < 1.29 is 24.2 Å². The summed E-state index contributed by atoms with van der Waals surface area (Å²) in [6, 6.07) is -0.937. The van der Waals surface area contributed by atoms with E-state index in [1.165, 1.54) is 9.80 Å². The first kappa shape index (κ1) is 15.6. The molecule has 0 radical (unpaired) electrons. The Morgan fingerprint density at radius 2 is 2.00 bits per heavy atom. The lowest BCUT2D eigenvalue weighted by molar-refractivity contribution is -0.147. The van der Waals surface area contributed by atoms with Gasteiger partial charge < -0.3 is 19.6 Å². The minimum Gasteiger partial charge on any atom is -0.480 e. The summed E-state index contributed by atoms with van der Waals surface area (Å²) in [6.07, 6.45) is 3.38. The molecule has 2 rings (SSSR count). The first-order valence-electron chi connectivity index (χ1n) is 7.47. The molecule has 21 heavy (non-hydrogen) atoms. The number of hydrogen-bond donors (Lipinski definition) is 1. The number of amides is 2. The molecular weight excluding hydrogens is 276 g/mol. The second-order valence-corrected chi connectivity index (χ2v) is 5.60. The van der Waals surface area contributed by atoms with Crippen molar-refractivity contribution in [1.82, 2.24) is 9.80 Å². The van der Waals surface area contributed by atoms with E-state index in [1.54, 1.807) is 6.92 Å². The normalized spacial score (nSPS) is 21.2. The molecule has 1 heterocycles. The molecule has 0 bridgehead atoms. The van der Waals surface area contributed by atoms with E-state index < -0.39 is 18.0 Å². The van der Waals surface area contributed by atoms with Crippen molar-refractivity contribution in [2.75, 3.05) is 26.2 Å². The number of carbonyl (C=O) groups excluding carboxylic acids is 2. The summed E-state index contributed by atoms with van der Waals surface area (Å²) in [5.74, 6) is -1.03. The maximum absolute atomic E-state index is 12.5. The van der Waals surface area contributed by atoms with Crippen LogP contribution in [0.3, 0.4) is 0 Å². The lowest BCUT2D eigenvalue weighted by Gasteiger charge is -2.30. The fourth-order valence-corrected chi connectivity index (χ4v) is 2.65. The zero-order chi connectivity index (χ0) is 15.4. The average Bonchev–Trinajstić information content (AvgIpc) is 3.10. The van der Waals surface area contributed by atoms with Gasteiger partial charge in [-0.2, -0.15) is 0 Å². The summed E-state index contributed by atoms with van der Waals surface area (Å²) in [4.78, 5) is 38.2. The highest BCUT2D eigenvalue weighted by molar-refractivity contribution is 5.86. The second-order valence-electron chi connectivity index (χ2n) is 5.60. The highest BCUT2D eigenvalue weighted by Crippen LogP contribution is 2.30. The van der Waals surface area contributed by atoms with Gasteiger partial charge in [-0.15, -0.1) is 0 Å². The zero-order valence-corrected chi connectivity index (χ0v) is 12.3. The fourth-order valence-electron chi connectivity index (χ4n) is 2.65. The molecule has 1 saturated carbocycles. The predicted octanol–water partition coefficient (Wildman–Crippen LogP) is 0.930. The van der Waals surface area contributed by atoms with E-state index >= 15 is 0 Å². The molecular formula is C14H22N2O5. The summed E-state index contributed by atoms with van der Waals surface area (Å²) in [6.45, 7) is 2.61. The van der Waals surface area contributed by atoms with E-state index in [2.05, 4.69) is 0 Å². The first-order chi connectivity index (χ1) is 10.0. The Kier molecular flexibility index (Phi) is 5.03. The van der Waals surface area contributed by atoms with E-state index in [-0.39, 0.29) is 19.2 Å². The number of likely N-dealkylation sites (tertiary alicyclic amines) is 1. The molecule has 1 atom stereocenters. The van der Waals surface area contributed by atoms with Crippen molar-refractivity contribution in [1.29, 1.82) is 0 Å². The van der Waals surface area contributed by atoms with Crippen molar-refractivity contribution >= 4 is 18.0 Å². The first-order valence-corrected chi connectivity index (χ1v) is 7.47. The Balaban J connectivity index is 2.03. The molecule has 1 saturated heterocycles. The minimum absolute atomic E-state index is 0.276. The minimum atomic E-state index is -1.03. The fraction of sp³-hybridized carbons (Fsp3) is 0.786. The Morgan fingerprint density at radius 3 is 2.57 bits per heavy atom. The van der Waals surface area contributed by atoms with Gasteiger partial charge in [0.15, 0.2) is 0 Å². The number of aliphatic carboxylic acids is 1. The SMILES string of the molecule is CCOC(=O)C1CCCN1C(=O)N(CC(=O)O)CC1CC1. The van der Waals surface area contributed by atoms with Crippen molar-refractivity contribution in [2.45, 2.75) is 38.6 Å². The summed E-state index contributed by atoms with van der Waals surface area (Å²) < 4.78 is 4.99. The number of hydrogen-bond acceptors (Lipinski definition) is 4. The van der Waals surface area contributed by atoms with Gasteiger partial charge >= 0.3 is 18.0 Å². The highest BCUT2D eigenvalue weighted by atomic mass is 16.5. The van der Waals surface area contributed by atoms with Gasteiger partial charge in [-0.05, 0) is 38.5 Å². The van der Waals surface area contributed by atoms with E-state index in [0.29, 0.717) is 25.4 Å². The van der Waals surface area contributed by atoms with Crippen LogP contribution < -0.4 is 0 Å². The quantitative estimate of drug-likeness (QED) is 0.737. The molecule has 7 nitrogen and oxygen atoms in total. The van der Waals surface area contributed by atoms with E-state index in [0.717, 1.165) is 19.3 Å². The van der Waals surface area contributed by atoms with Crippen LogP contribution in [-0.4, -0.2) is 65.2 Å². The lowest BCUT2D eigenvalue weighted by atomic mass is 10.2. The summed E-state index contributed by atoms with van der Waals surface area (Å²) in [7, 11) is 0. The van der Waals surface area contributed by atoms with E-state index in [4.69, 9.17) is 9.84 Å². The van der Waals surface area contributed by atoms with Crippen molar-refractivity contribution in [3.63, 3.8) is 0 Å². The average molecular weight is 298 g/mol. The topological polar surface area (TPSA) is 87.2 Å². The number of carboxylic acid groups (broad SMARTS) is 1. The molecule has 1 aliphatic carbocycles. The predicted molar refractivity (Wildman–Crippen MR) is 73.7 cm³/mol. The van der Waals surface area contributed by atoms with Crippen LogP contribution in [0.5, 0.6) is 0 Å². The van der Waals surface area contributed by atoms with Crippen LogP contribution in [0.25, 0.3) is 0 Å². The molecule has 1 aliphatic heterocycles. The van der Waals surface area contributed by atoms with Crippen LogP contribution in [0.1, 0.15) is 32.6 Å². The maximum Gasteiger partial charge on any atom is 0.328 e. The molecule has 118 valence electrons. The molecule has 2 fully saturated rings. The molecule has 0 spiro atoms. The van der Waals surface area contributed by atoms with Crippen LogP contribution in [-0.2, 0) is 14.3 Å². The van der Waals surface area contributed by atoms with Gasteiger partial charge in [-0.1, -0.05) is 0 Å². The second kappa shape index (κ2) is 6.78. The lowest BCUT2D eigenvalue weighted by Crippen LogP contribution is -2.50. The Bertz CT molecular complexity index is 422. The molecule has 2 aliphatic rings. The number of carbonyl (C=O) groups is 3. The number of esters is 1. The number of urea groups is 1. The standard InChI is InChI=1S/C14H22N2O5/c1-2-21-13(19)11-4-3-7-16(11)14(20)15(9-12(17)18)8-10-5-6-10/h10-11H,2-9H2,1H3,(H,17,18). The number of carboxylic acids is 1. The van der Waals surface area contributed by atoms with Gasteiger partial charge in [0.05, 0.1) is 6.61 Å². The highest BCUT2D eigenvalue weighted by Gasteiger charge is 2.38. The van der Waals surface area contributed by atoms with Crippen LogP contribution in [0.2, 0.25) is 0 Å². The molecule has 0 aromatic rings. The molecule has 2 amide bonds.